The Morgan fingerprint density at radius 3 is 2.80 bits per heavy atom. The van der Waals surface area contributed by atoms with Gasteiger partial charge in [-0.2, -0.15) is 0 Å². The number of hydrogen-bond donors (Lipinski definition) is 2. The van der Waals surface area contributed by atoms with Crippen LogP contribution in [-0.2, 0) is 20.7 Å². The Balaban J connectivity index is 1.89. The van der Waals surface area contributed by atoms with Crippen LogP contribution in [0.2, 0.25) is 0 Å². The van der Waals surface area contributed by atoms with E-state index < -0.39 is 12.0 Å². The second kappa shape index (κ2) is 9.56. The predicted octanol–water partition coefficient (Wildman–Crippen LogP) is 3.27. The molecular weight excluding hydrogens is 318 g/mol. The number of rotatable bonds is 9. The number of hydrogen-bond acceptors (Lipinski definition) is 3. The van der Waals surface area contributed by atoms with Crippen molar-refractivity contribution >= 4 is 11.9 Å². The third-order valence-corrected chi connectivity index (χ3v) is 4.65. The van der Waals surface area contributed by atoms with Gasteiger partial charge in [0.15, 0.2) is 0 Å². The van der Waals surface area contributed by atoms with Crippen molar-refractivity contribution < 1.29 is 19.4 Å². The summed E-state index contributed by atoms with van der Waals surface area (Å²) in [7, 11) is 0. The summed E-state index contributed by atoms with van der Waals surface area (Å²) in [6.07, 6.45) is 4.56. The highest BCUT2D eigenvalue weighted by Gasteiger charge is 2.27. The smallest absolute Gasteiger partial charge is 0.326 e. The summed E-state index contributed by atoms with van der Waals surface area (Å²) in [4.78, 5) is 23.7. The first kappa shape index (κ1) is 19.4. The number of aryl methyl sites for hydroxylation is 1. The summed E-state index contributed by atoms with van der Waals surface area (Å²) >= 11 is 0. The van der Waals surface area contributed by atoms with Crippen molar-refractivity contribution in [2.24, 2.45) is 0 Å². The van der Waals surface area contributed by atoms with Gasteiger partial charge in [-0.15, -0.1) is 0 Å². The van der Waals surface area contributed by atoms with Crippen molar-refractivity contribution in [1.29, 1.82) is 0 Å². The van der Waals surface area contributed by atoms with Gasteiger partial charge in [0.25, 0.3) is 0 Å². The number of benzene rings is 1. The number of carbonyl (C=O) groups excluding carboxylic acids is 1. The Bertz CT molecular complexity index is 585. The molecule has 0 spiro atoms. The molecule has 5 heteroatoms. The van der Waals surface area contributed by atoms with Crippen molar-refractivity contribution in [3.8, 4) is 0 Å². The van der Waals surface area contributed by atoms with E-state index in [0.717, 1.165) is 19.3 Å². The first-order valence-electron chi connectivity index (χ1n) is 9.19. The van der Waals surface area contributed by atoms with Crippen LogP contribution < -0.4 is 5.32 Å². The Morgan fingerprint density at radius 2 is 2.08 bits per heavy atom. The highest BCUT2D eigenvalue weighted by atomic mass is 16.5. The van der Waals surface area contributed by atoms with E-state index in [-0.39, 0.29) is 24.3 Å². The molecule has 0 heterocycles. The molecule has 2 atom stereocenters. The first-order valence-corrected chi connectivity index (χ1v) is 9.19. The second-order valence-electron chi connectivity index (χ2n) is 7.01. The summed E-state index contributed by atoms with van der Waals surface area (Å²) in [5.41, 5.74) is 2.54. The molecule has 1 amide bonds. The van der Waals surface area contributed by atoms with Gasteiger partial charge in [0.2, 0.25) is 5.91 Å². The second-order valence-corrected chi connectivity index (χ2v) is 7.01. The molecule has 25 heavy (non-hydrogen) atoms. The highest BCUT2D eigenvalue weighted by Crippen LogP contribution is 2.34. The van der Waals surface area contributed by atoms with E-state index in [1.54, 1.807) is 0 Å². The fourth-order valence-electron chi connectivity index (χ4n) is 3.42. The molecule has 5 nitrogen and oxygen atoms in total. The lowest BCUT2D eigenvalue weighted by molar-refractivity contribution is -0.142. The van der Waals surface area contributed by atoms with E-state index in [9.17, 15) is 14.7 Å². The van der Waals surface area contributed by atoms with Crippen molar-refractivity contribution in [1.82, 2.24) is 5.32 Å². The third kappa shape index (κ3) is 6.16. The average Bonchev–Trinajstić information content (AvgIpc) is 2.58. The van der Waals surface area contributed by atoms with Crippen LogP contribution in [0.1, 0.15) is 63.0 Å². The molecule has 0 saturated heterocycles. The number of carbonyl (C=O) groups is 2. The zero-order chi connectivity index (χ0) is 18.2. The summed E-state index contributed by atoms with van der Waals surface area (Å²) in [5, 5.41) is 12.2. The number of nitrogens with one attached hydrogen (secondary N) is 1. The van der Waals surface area contributed by atoms with E-state index in [1.165, 1.54) is 11.1 Å². The van der Waals surface area contributed by atoms with E-state index in [0.29, 0.717) is 19.4 Å². The topological polar surface area (TPSA) is 75.6 Å². The van der Waals surface area contributed by atoms with Crippen LogP contribution in [0.4, 0.5) is 0 Å². The van der Waals surface area contributed by atoms with Crippen LogP contribution in [0, 0.1) is 0 Å². The molecule has 1 aliphatic carbocycles. The van der Waals surface area contributed by atoms with E-state index in [4.69, 9.17) is 4.74 Å². The summed E-state index contributed by atoms with van der Waals surface area (Å²) in [6.45, 7) is 4.41. The lowest BCUT2D eigenvalue weighted by atomic mass is 9.79. The van der Waals surface area contributed by atoms with Gasteiger partial charge in [-0.25, -0.2) is 4.79 Å². The number of amides is 1. The van der Waals surface area contributed by atoms with Crippen molar-refractivity contribution in [3.63, 3.8) is 0 Å². The third-order valence-electron chi connectivity index (χ3n) is 4.65. The van der Waals surface area contributed by atoms with Crippen LogP contribution in [-0.4, -0.2) is 35.7 Å². The van der Waals surface area contributed by atoms with Gasteiger partial charge in [0.1, 0.15) is 6.04 Å². The SMILES string of the molecule is CC(C)OCCCC(=O)NC(CC1CCCc2ccccc21)C(=O)O. The Labute approximate surface area is 149 Å². The van der Waals surface area contributed by atoms with Gasteiger partial charge in [-0.3, -0.25) is 4.79 Å². The lowest BCUT2D eigenvalue weighted by Gasteiger charge is -2.28. The lowest BCUT2D eigenvalue weighted by Crippen LogP contribution is -2.42. The molecule has 0 aromatic heterocycles. The fourth-order valence-corrected chi connectivity index (χ4v) is 3.42. The van der Waals surface area contributed by atoms with Crippen molar-refractivity contribution in [2.45, 2.75) is 70.4 Å². The molecule has 0 saturated carbocycles. The summed E-state index contributed by atoms with van der Waals surface area (Å²) in [6, 6.07) is 7.39. The quantitative estimate of drug-likeness (QED) is 0.672. The Hall–Kier alpha value is -1.88. The minimum absolute atomic E-state index is 0.140. The van der Waals surface area contributed by atoms with E-state index >= 15 is 0 Å². The number of fused-ring (bicyclic) bond motifs is 1. The Kier molecular flexibility index (Phi) is 7.44. The summed E-state index contributed by atoms with van der Waals surface area (Å²) < 4.78 is 5.41. The molecule has 0 radical (unpaired) electrons. The molecular formula is C20H29NO4. The molecule has 2 rings (SSSR count). The minimum atomic E-state index is -0.963. The zero-order valence-electron chi connectivity index (χ0n) is 15.2. The first-order chi connectivity index (χ1) is 12.0. The Morgan fingerprint density at radius 1 is 1.32 bits per heavy atom. The predicted molar refractivity (Wildman–Crippen MR) is 96.6 cm³/mol. The van der Waals surface area contributed by atoms with E-state index in [2.05, 4.69) is 17.4 Å². The standard InChI is InChI=1S/C20H29NO4/c1-14(2)25-12-6-11-19(22)21-18(20(23)24)13-16-9-5-8-15-7-3-4-10-17(15)16/h3-4,7,10,14,16,18H,5-6,8-9,11-13H2,1-2H3,(H,21,22)(H,23,24). The van der Waals surface area contributed by atoms with Gasteiger partial charge < -0.3 is 15.2 Å². The van der Waals surface area contributed by atoms with Crippen LogP contribution in [0.25, 0.3) is 0 Å². The zero-order valence-corrected chi connectivity index (χ0v) is 15.2. The molecule has 2 unspecified atom stereocenters. The van der Waals surface area contributed by atoms with Crippen LogP contribution in [0.15, 0.2) is 24.3 Å². The van der Waals surface area contributed by atoms with Gasteiger partial charge in [0.05, 0.1) is 6.10 Å². The van der Waals surface area contributed by atoms with Gasteiger partial charge in [-0.1, -0.05) is 24.3 Å². The molecule has 138 valence electrons. The molecule has 0 fully saturated rings. The molecule has 2 N–H and O–H groups in total. The number of carboxylic acid groups (broad SMARTS) is 1. The molecule has 1 aromatic rings. The van der Waals surface area contributed by atoms with Crippen molar-refractivity contribution in [2.75, 3.05) is 6.61 Å². The van der Waals surface area contributed by atoms with Crippen LogP contribution in [0.5, 0.6) is 0 Å². The number of ether oxygens (including phenoxy) is 1. The number of carboxylic acids is 1. The average molecular weight is 347 g/mol. The monoisotopic (exact) mass is 347 g/mol. The van der Waals surface area contributed by atoms with Crippen LogP contribution in [0.3, 0.4) is 0 Å². The fraction of sp³-hybridized carbons (Fsp3) is 0.600. The maximum atomic E-state index is 12.1. The minimum Gasteiger partial charge on any atom is -0.480 e. The van der Waals surface area contributed by atoms with Crippen molar-refractivity contribution in [3.05, 3.63) is 35.4 Å². The number of aliphatic carboxylic acids is 1. The van der Waals surface area contributed by atoms with Crippen LogP contribution >= 0.6 is 0 Å². The van der Waals surface area contributed by atoms with E-state index in [1.807, 2.05) is 26.0 Å². The maximum absolute atomic E-state index is 12.1. The maximum Gasteiger partial charge on any atom is 0.326 e. The molecule has 1 aliphatic rings. The largest absolute Gasteiger partial charge is 0.480 e. The molecule has 0 bridgehead atoms. The summed E-state index contributed by atoms with van der Waals surface area (Å²) in [5.74, 6) is -0.991. The molecule has 1 aromatic carbocycles. The normalized spacial score (nSPS) is 17.8. The highest BCUT2D eigenvalue weighted by molar-refractivity contribution is 5.83. The van der Waals surface area contributed by atoms with Gasteiger partial charge >= 0.3 is 5.97 Å². The van der Waals surface area contributed by atoms with Gasteiger partial charge in [0, 0.05) is 13.0 Å². The molecule has 0 aliphatic heterocycles. The van der Waals surface area contributed by atoms with Gasteiger partial charge in [-0.05, 0) is 63.0 Å².